The summed E-state index contributed by atoms with van der Waals surface area (Å²) in [5.41, 5.74) is 2.11. The third kappa shape index (κ3) is 2.49. The Morgan fingerprint density at radius 3 is 3.05 bits per heavy atom. The van der Waals surface area contributed by atoms with Crippen LogP contribution in [-0.4, -0.2) is 42.9 Å². The van der Waals surface area contributed by atoms with Gasteiger partial charge < -0.3 is 20.5 Å². The molecular weight excluding hydrogens is 244 g/mol. The standard InChI is InChI=1S/C14H18N2O3/c17-11-7-9-3-1-2-4-10(9)13(11)16-14(18)12-8-15-5-6-19-12/h1-4,11-13,15,17H,5-8H2,(H,16,18)/t11-,12?,13+/m0/s1. The fraction of sp³-hybridized carbons (Fsp3) is 0.500. The van der Waals surface area contributed by atoms with E-state index in [1.807, 2.05) is 24.3 Å². The van der Waals surface area contributed by atoms with Crippen LogP contribution in [0.1, 0.15) is 17.2 Å². The number of benzene rings is 1. The molecule has 3 atom stereocenters. The number of fused-ring (bicyclic) bond motifs is 1. The molecule has 3 N–H and O–H groups in total. The molecule has 0 spiro atoms. The summed E-state index contributed by atoms with van der Waals surface area (Å²) in [6.07, 6.45) is -0.433. The van der Waals surface area contributed by atoms with Crippen LogP contribution in [0.25, 0.3) is 0 Å². The monoisotopic (exact) mass is 262 g/mol. The van der Waals surface area contributed by atoms with Crippen molar-refractivity contribution in [2.45, 2.75) is 24.7 Å². The van der Waals surface area contributed by atoms with Gasteiger partial charge in [-0.2, -0.15) is 0 Å². The highest BCUT2D eigenvalue weighted by atomic mass is 16.5. The fourth-order valence-corrected chi connectivity index (χ4v) is 2.73. The highest BCUT2D eigenvalue weighted by Crippen LogP contribution is 2.31. The molecule has 0 bridgehead atoms. The van der Waals surface area contributed by atoms with Crippen LogP contribution in [0.5, 0.6) is 0 Å². The van der Waals surface area contributed by atoms with Gasteiger partial charge in [-0.15, -0.1) is 0 Å². The van der Waals surface area contributed by atoms with Gasteiger partial charge in [0.25, 0.3) is 5.91 Å². The van der Waals surface area contributed by atoms with E-state index in [0.29, 0.717) is 19.6 Å². The Balaban J connectivity index is 1.71. The van der Waals surface area contributed by atoms with Crippen LogP contribution in [0.2, 0.25) is 0 Å². The van der Waals surface area contributed by atoms with Crippen LogP contribution < -0.4 is 10.6 Å². The average Bonchev–Trinajstić information content (AvgIpc) is 2.76. The number of rotatable bonds is 2. The molecular formula is C14H18N2O3. The summed E-state index contributed by atoms with van der Waals surface area (Å²) < 4.78 is 5.42. The molecule has 2 aliphatic rings. The van der Waals surface area contributed by atoms with E-state index in [9.17, 15) is 9.90 Å². The maximum Gasteiger partial charge on any atom is 0.251 e. The summed E-state index contributed by atoms with van der Waals surface area (Å²) in [4.78, 5) is 12.1. The first kappa shape index (κ1) is 12.6. The Morgan fingerprint density at radius 1 is 1.42 bits per heavy atom. The average molecular weight is 262 g/mol. The quantitative estimate of drug-likeness (QED) is 0.687. The molecule has 5 heteroatoms. The molecule has 1 amide bonds. The highest BCUT2D eigenvalue weighted by molar-refractivity contribution is 5.81. The number of amides is 1. The molecule has 0 radical (unpaired) electrons. The number of nitrogens with one attached hydrogen (secondary N) is 2. The van der Waals surface area contributed by atoms with E-state index in [1.54, 1.807) is 0 Å². The zero-order valence-corrected chi connectivity index (χ0v) is 10.6. The second-order valence-electron chi connectivity index (χ2n) is 5.02. The Morgan fingerprint density at radius 2 is 2.26 bits per heavy atom. The summed E-state index contributed by atoms with van der Waals surface area (Å²) in [6, 6.07) is 7.49. The van der Waals surface area contributed by atoms with Crippen molar-refractivity contribution in [2.75, 3.05) is 19.7 Å². The van der Waals surface area contributed by atoms with Gasteiger partial charge in [0, 0.05) is 19.5 Å². The van der Waals surface area contributed by atoms with E-state index in [4.69, 9.17) is 4.74 Å². The molecule has 1 heterocycles. The summed E-state index contributed by atoms with van der Waals surface area (Å²) in [5.74, 6) is -0.159. The number of carbonyl (C=O) groups is 1. The van der Waals surface area contributed by atoms with Gasteiger partial charge in [0.2, 0.25) is 0 Å². The number of aliphatic hydroxyl groups excluding tert-OH is 1. The Kier molecular flexibility index (Phi) is 3.50. The smallest absolute Gasteiger partial charge is 0.251 e. The minimum absolute atomic E-state index is 0.159. The first-order chi connectivity index (χ1) is 9.25. The minimum atomic E-state index is -0.558. The van der Waals surface area contributed by atoms with Crippen molar-refractivity contribution < 1.29 is 14.6 Å². The van der Waals surface area contributed by atoms with Crippen molar-refractivity contribution in [2.24, 2.45) is 0 Å². The largest absolute Gasteiger partial charge is 0.390 e. The molecule has 1 unspecified atom stereocenters. The summed E-state index contributed by atoms with van der Waals surface area (Å²) in [5, 5.41) is 16.1. The van der Waals surface area contributed by atoms with Crippen molar-refractivity contribution in [3.8, 4) is 0 Å². The van der Waals surface area contributed by atoms with Crippen LogP contribution >= 0.6 is 0 Å². The third-order valence-electron chi connectivity index (χ3n) is 3.72. The Labute approximate surface area is 112 Å². The van der Waals surface area contributed by atoms with Gasteiger partial charge in [0.05, 0.1) is 18.8 Å². The van der Waals surface area contributed by atoms with Crippen LogP contribution in [0.15, 0.2) is 24.3 Å². The van der Waals surface area contributed by atoms with Crippen LogP contribution in [0.4, 0.5) is 0 Å². The van der Waals surface area contributed by atoms with Gasteiger partial charge >= 0.3 is 0 Å². The second-order valence-corrected chi connectivity index (χ2v) is 5.02. The molecule has 102 valence electrons. The maximum atomic E-state index is 12.1. The van der Waals surface area contributed by atoms with Crippen molar-refractivity contribution in [1.29, 1.82) is 0 Å². The van der Waals surface area contributed by atoms with Gasteiger partial charge in [-0.05, 0) is 11.1 Å². The van der Waals surface area contributed by atoms with Crippen molar-refractivity contribution in [1.82, 2.24) is 10.6 Å². The molecule has 19 heavy (non-hydrogen) atoms. The van der Waals surface area contributed by atoms with Gasteiger partial charge in [-0.1, -0.05) is 24.3 Å². The van der Waals surface area contributed by atoms with E-state index in [0.717, 1.165) is 17.7 Å². The zero-order chi connectivity index (χ0) is 13.2. The first-order valence-electron chi connectivity index (χ1n) is 6.64. The molecule has 3 rings (SSSR count). The normalized spacial score (nSPS) is 29.8. The highest BCUT2D eigenvalue weighted by Gasteiger charge is 2.34. The number of morpholine rings is 1. The number of hydrogen-bond acceptors (Lipinski definition) is 4. The van der Waals surface area contributed by atoms with Crippen LogP contribution in [0, 0.1) is 0 Å². The number of hydrogen-bond donors (Lipinski definition) is 3. The van der Waals surface area contributed by atoms with E-state index >= 15 is 0 Å². The Bertz CT molecular complexity index is 472. The summed E-state index contributed by atoms with van der Waals surface area (Å²) in [7, 11) is 0. The predicted molar refractivity (Wildman–Crippen MR) is 69.6 cm³/mol. The van der Waals surface area contributed by atoms with Crippen LogP contribution in [0.3, 0.4) is 0 Å². The van der Waals surface area contributed by atoms with E-state index in [-0.39, 0.29) is 11.9 Å². The number of ether oxygens (including phenoxy) is 1. The third-order valence-corrected chi connectivity index (χ3v) is 3.72. The van der Waals surface area contributed by atoms with Gasteiger partial charge in [0.1, 0.15) is 6.10 Å². The SMILES string of the molecule is O=C(N[C@@H]1c2ccccc2C[C@@H]1O)C1CNCCO1. The molecule has 0 aromatic heterocycles. The summed E-state index contributed by atoms with van der Waals surface area (Å²) >= 11 is 0. The molecule has 1 aliphatic carbocycles. The van der Waals surface area contributed by atoms with Crippen molar-refractivity contribution >= 4 is 5.91 Å². The molecule has 1 aromatic carbocycles. The fourth-order valence-electron chi connectivity index (χ4n) is 2.73. The molecule has 1 aromatic rings. The number of aliphatic hydroxyl groups is 1. The molecule has 1 aliphatic heterocycles. The van der Waals surface area contributed by atoms with Crippen LogP contribution in [-0.2, 0) is 16.0 Å². The van der Waals surface area contributed by atoms with E-state index < -0.39 is 12.2 Å². The lowest BCUT2D eigenvalue weighted by Crippen LogP contribution is -2.49. The van der Waals surface area contributed by atoms with Crippen molar-refractivity contribution in [3.05, 3.63) is 35.4 Å². The topological polar surface area (TPSA) is 70.6 Å². The molecule has 0 saturated carbocycles. The lowest BCUT2D eigenvalue weighted by atomic mass is 10.1. The van der Waals surface area contributed by atoms with E-state index in [1.165, 1.54) is 0 Å². The second kappa shape index (κ2) is 5.28. The molecule has 1 saturated heterocycles. The van der Waals surface area contributed by atoms with Gasteiger partial charge in [-0.25, -0.2) is 0 Å². The predicted octanol–water partition coefficient (Wildman–Crippen LogP) is -0.251. The Hall–Kier alpha value is -1.43. The molecule has 1 fully saturated rings. The lowest BCUT2D eigenvalue weighted by Gasteiger charge is -2.25. The minimum Gasteiger partial charge on any atom is -0.390 e. The lowest BCUT2D eigenvalue weighted by molar-refractivity contribution is -0.135. The number of carbonyl (C=O) groups excluding carboxylic acids is 1. The molecule has 5 nitrogen and oxygen atoms in total. The van der Waals surface area contributed by atoms with E-state index in [2.05, 4.69) is 10.6 Å². The van der Waals surface area contributed by atoms with Crippen molar-refractivity contribution in [3.63, 3.8) is 0 Å². The summed E-state index contributed by atoms with van der Waals surface area (Å²) in [6.45, 7) is 1.84. The first-order valence-corrected chi connectivity index (χ1v) is 6.64. The maximum absolute atomic E-state index is 12.1. The zero-order valence-electron chi connectivity index (χ0n) is 10.6. The van der Waals surface area contributed by atoms with Gasteiger partial charge in [0.15, 0.2) is 0 Å². The van der Waals surface area contributed by atoms with Gasteiger partial charge in [-0.3, -0.25) is 4.79 Å².